The molecule has 4 aromatic rings. The smallest absolute Gasteiger partial charge is 0.166 e. The van der Waals surface area contributed by atoms with Crippen LogP contribution >= 0.6 is 15.9 Å². The number of hydrogen-bond donors (Lipinski definition) is 1. The van der Waals surface area contributed by atoms with Crippen LogP contribution in [0.3, 0.4) is 0 Å². The lowest BCUT2D eigenvalue weighted by atomic mass is 9.97. The van der Waals surface area contributed by atoms with Gasteiger partial charge in [-0.05, 0) is 36.8 Å². The molecule has 2 aromatic carbocycles. The number of aryl methyl sites for hydroxylation is 1. The molecule has 0 bridgehead atoms. The van der Waals surface area contributed by atoms with Gasteiger partial charge in [-0.2, -0.15) is 10.4 Å². The second-order valence-corrected chi connectivity index (χ2v) is 6.81. The van der Waals surface area contributed by atoms with Crippen molar-refractivity contribution in [2.75, 3.05) is 5.73 Å². The van der Waals surface area contributed by atoms with Crippen molar-refractivity contribution in [3.05, 3.63) is 70.3 Å². The summed E-state index contributed by atoms with van der Waals surface area (Å²) in [4.78, 5) is 4.49. The van der Waals surface area contributed by atoms with Gasteiger partial charge in [0.2, 0.25) is 0 Å². The Labute approximate surface area is 158 Å². The van der Waals surface area contributed by atoms with Gasteiger partial charge in [-0.15, -0.1) is 0 Å². The molecule has 2 N–H and O–H groups in total. The molecule has 0 atom stereocenters. The minimum atomic E-state index is 0.204. The summed E-state index contributed by atoms with van der Waals surface area (Å²) in [6, 6.07) is 19.8. The highest BCUT2D eigenvalue weighted by Gasteiger charge is 2.21. The third-order valence-electron chi connectivity index (χ3n) is 4.26. The SMILES string of the molecule is Cc1nn(-c2ccccc2)c2nc(N)c(C#N)c(-c3ccc(Br)cc3)c12. The lowest BCUT2D eigenvalue weighted by molar-refractivity contribution is 0.878. The highest BCUT2D eigenvalue weighted by atomic mass is 79.9. The van der Waals surface area contributed by atoms with E-state index in [0.717, 1.165) is 32.4 Å². The minimum absolute atomic E-state index is 0.204. The summed E-state index contributed by atoms with van der Waals surface area (Å²) in [5, 5.41) is 15.2. The summed E-state index contributed by atoms with van der Waals surface area (Å²) in [5.41, 5.74) is 10.5. The lowest BCUT2D eigenvalue weighted by Gasteiger charge is -2.10. The highest BCUT2D eigenvalue weighted by Crippen LogP contribution is 2.36. The van der Waals surface area contributed by atoms with Crippen LogP contribution in [0.2, 0.25) is 0 Å². The van der Waals surface area contributed by atoms with Gasteiger partial charge in [0.25, 0.3) is 0 Å². The van der Waals surface area contributed by atoms with Crippen molar-refractivity contribution in [2.45, 2.75) is 6.92 Å². The highest BCUT2D eigenvalue weighted by molar-refractivity contribution is 9.10. The fraction of sp³-hybridized carbons (Fsp3) is 0.0500. The van der Waals surface area contributed by atoms with Crippen LogP contribution in [0.4, 0.5) is 5.82 Å². The predicted molar refractivity (Wildman–Crippen MR) is 106 cm³/mol. The largest absolute Gasteiger partial charge is 0.383 e. The van der Waals surface area contributed by atoms with E-state index in [0.29, 0.717) is 11.2 Å². The molecule has 0 saturated heterocycles. The molecule has 4 rings (SSSR count). The number of nitrogens with two attached hydrogens (primary N) is 1. The third-order valence-corrected chi connectivity index (χ3v) is 4.79. The molecule has 0 amide bonds. The number of fused-ring (bicyclic) bond motifs is 1. The molecular weight excluding hydrogens is 390 g/mol. The second-order valence-electron chi connectivity index (χ2n) is 5.90. The number of nitrogens with zero attached hydrogens (tertiary/aromatic N) is 4. The Balaban J connectivity index is 2.12. The number of nitrogen functional groups attached to an aromatic ring is 1. The maximum Gasteiger partial charge on any atom is 0.166 e. The average Bonchev–Trinajstić information content (AvgIpc) is 2.98. The van der Waals surface area contributed by atoms with E-state index in [4.69, 9.17) is 5.73 Å². The van der Waals surface area contributed by atoms with Crippen LogP contribution < -0.4 is 5.73 Å². The fourth-order valence-electron chi connectivity index (χ4n) is 3.10. The van der Waals surface area contributed by atoms with E-state index in [-0.39, 0.29) is 5.82 Å². The summed E-state index contributed by atoms with van der Waals surface area (Å²) in [7, 11) is 0. The molecule has 0 spiro atoms. The van der Waals surface area contributed by atoms with Gasteiger partial charge < -0.3 is 5.73 Å². The van der Waals surface area contributed by atoms with Gasteiger partial charge in [-0.1, -0.05) is 46.3 Å². The Bertz CT molecular complexity index is 1160. The van der Waals surface area contributed by atoms with E-state index in [1.165, 1.54) is 0 Å². The molecule has 6 heteroatoms. The minimum Gasteiger partial charge on any atom is -0.383 e. The van der Waals surface area contributed by atoms with Gasteiger partial charge >= 0.3 is 0 Å². The average molecular weight is 404 g/mol. The first kappa shape index (κ1) is 16.3. The zero-order chi connectivity index (χ0) is 18.3. The summed E-state index contributed by atoms with van der Waals surface area (Å²) in [6.45, 7) is 1.92. The van der Waals surface area contributed by atoms with E-state index in [1.54, 1.807) is 4.68 Å². The molecule has 0 radical (unpaired) electrons. The number of hydrogen-bond acceptors (Lipinski definition) is 4. The maximum atomic E-state index is 9.68. The zero-order valence-electron chi connectivity index (χ0n) is 13.9. The number of pyridine rings is 1. The fourth-order valence-corrected chi connectivity index (χ4v) is 3.37. The molecule has 0 aliphatic rings. The summed E-state index contributed by atoms with van der Waals surface area (Å²) >= 11 is 3.45. The number of para-hydroxylation sites is 1. The van der Waals surface area contributed by atoms with Crippen molar-refractivity contribution in [3.63, 3.8) is 0 Å². The van der Waals surface area contributed by atoms with Crippen molar-refractivity contribution in [2.24, 2.45) is 0 Å². The van der Waals surface area contributed by atoms with Crippen LogP contribution in [0.5, 0.6) is 0 Å². The molecule has 126 valence electrons. The molecule has 2 aromatic heterocycles. The number of nitriles is 1. The van der Waals surface area contributed by atoms with Gasteiger partial charge in [-0.3, -0.25) is 0 Å². The number of aromatic nitrogens is 3. The van der Waals surface area contributed by atoms with E-state index >= 15 is 0 Å². The summed E-state index contributed by atoms with van der Waals surface area (Å²) < 4.78 is 2.74. The molecule has 0 unspecified atom stereocenters. The van der Waals surface area contributed by atoms with Crippen molar-refractivity contribution in [1.82, 2.24) is 14.8 Å². The quantitative estimate of drug-likeness (QED) is 0.529. The maximum absolute atomic E-state index is 9.68. The van der Waals surface area contributed by atoms with Gasteiger partial charge in [0.05, 0.1) is 16.8 Å². The topological polar surface area (TPSA) is 80.5 Å². The summed E-state index contributed by atoms with van der Waals surface area (Å²) in [5.74, 6) is 0.204. The molecule has 0 aliphatic heterocycles. The molecular formula is C20H14BrN5. The van der Waals surface area contributed by atoms with Gasteiger partial charge in [-0.25, -0.2) is 9.67 Å². The summed E-state index contributed by atoms with van der Waals surface area (Å²) in [6.07, 6.45) is 0. The van der Waals surface area contributed by atoms with Crippen LogP contribution in [-0.4, -0.2) is 14.8 Å². The van der Waals surface area contributed by atoms with Crippen molar-refractivity contribution in [1.29, 1.82) is 5.26 Å². The van der Waals surface area contributed by atoms with Crippen LogP contribution in [0, 0.1) is 18.3 Å². The van der Waals surface area contributed by atoms with E-state index in [9.17, 15) is 5.26 Å². The Morgan fingerprint density at radius 2 is 1.77 bits per heavy atom. The normalized spacial score (nSPS) is 10.8. The lowest BCUT2D eigenvalue weighted by Crippen LogP contribution is -2.02. The Morgan fingerprint density at radius 3 is 2.42 bits per heavy atom. The van der Waals surface area contributed by atoms with Crippen LogP contribution in [0.25, 0.3) is 27.8 Å². The Kier molecular flexibility index (Phi) is 3.94. The molecule has 2 heterocycles. The second kappa shape index (κ2) is 6.28. The number of anilines is 1. The predicted octanol–water partition coefficient (Wildman–Crippen LogP) is 4.61. The molecule has 5 nitrogen and oxygen atoms in total. The number of benzene rings is 2. The molecule has 0 aliphatic carbocycles. The van der Waals surface area contributed by atoms with Gasteiger partial charge in [0.1, 0.15) is 17.5 Å². The number of rotatable bonds is 2. The van der Waals surface area contributed by atoms with E-state index < -0.39 is 0 Å². The van der Waals surface area contributed by atoms with E-state index in [1.807, 2.05) is 61.5 Å². The first-order valence-electron chi connectivity index (χ1n) is 8.00. The number of halogens is 1. The van der Waals surface area contributed by atoms with Gasteiger partial charge in [0.15, 0.2) is 5.65 Å². The first-order chi connectivity index (χ1) is 12.6. The van der Waals surface area contributed by atoms with Crippen molar-refractivity contribution >= 4 is 32.8 Å². The van der Waals surface area contributed by atoms with Crippen LogP contribution in [0.1, 0.15) is 11.3 Å². The molecule has 0 fully saturated rings. The Hall–Kier alpha value is -3.17. The van der Waals surface area contributed by atoms with Crippen molar-refractivity contribution in [3.8, 4) is 22.9 Å². The van der Waals surface area contributed by atoms with Gasteiger partial charge in [0, 0.05) is 10.0 Å². The first-order valence-corrected chi connectivity index (χ1v) is 8.79. The molecule has 26 heavy (non-hydrogen) atoms. The standard InChI is InChI=1S/C20H14BrN5/c1-12-17-18(13-7-9-14(21)10-8-13)16(11-22)19(23)24-20(17)26(25-12)15-5-3-2-4-6-15/h2-10H,1H3,(H2,23,24). The molecule has 0 saturated carbocycles. The van der Waals surface area contributed by atoms with Crippen LogP contribution in [0.15, 0.2) is 59.1 Å². The van der Waals surface area contributed by atoms with E-state index in [2.05, 4.69) is 32.1 Å². The Morgan fingerprint density at radius 1 is 1.08 bits per heavy atom. The van der Waals surface area contributed by atoms with Crippen LogP contribution in [-0.2, 0) is 0 Å². The third kappa shape index (κ3) is 2.54. The van der Waals surface area contributed by atoms with Crippen molar-refractivity contribution < 1.29 is 0 Å². The zero-order valence-corrected chi connectivity index (χ0v) is 15.5. The monoisotopic (exact) mass is 403 g/mol.